The summed E-state index contributed by atoms with van der Waals surface area (Å²) in [5.74, 6) is -0.986. The van der Waals surface area contributed by atoms with Gasteiger partial charge in [0.2, 0.25) is 0 Å². The number of aromatic nitrogens is 1. The van der Waals surface area contributed by atoms with Crippen LogP contribution in [0.2, 0.25) is 0 Å². The summed E-state index contributed by atoms with van der Waals surface area (Å²) < 4.78 is 0. The highest BCUT2D eigenvalue weighted by molar-refractivity contribution is 5.92. The van der Waals surface area contributed by atoms with Gasteiger partial charge >= 0.3 is 12.0 Å². The number of nitrogens with one attached hydrogen (secondary N) is 2. The van der Waals surface area contributed by atoms with Gasteiger partial charge in [-0.25, -0.2) is 9.59 Å². The van der Waals surface area contributed by atoms with Gasteiger partial charge in [0.15, 0.2) is 0 Å². The SMILES string of the molecule is Cc1cc(NC(=O)NCc2cccnc2)ccc1C(=O)O. The lowest BCUT2D eigenvalue weighted by Crippen LogP contribution is -2.28. The van der Waals surface area contributed by atoms with Crippen molar-refractivity contribution in [3.05, 3.63) is 59.4 Å². The third-order valence-corrected chi connectivity index (χ3v) is 2.89. The van der Waals surface area contributed by atoms with Crippen molar-refractivity contribution >= 4 is 17.7 Å². The summed E-state index contributed by atoms with van der Waals surface area (Å²) in [6, 6.07) is 7.94. The van der Waals surface area contributed by atoms with Gasteiger partial charge in [-0.15, -0.1) is 0 Å². The molecule has 0 aliphatic rings. The average Bonchev–Trinajstić information content (AvgIpc) is 2.46. The fraction of sp³-hybridized carbons (Fsp3) is 0.133. The van der Waals surface area contributed by atoms with Crippen LogP contribution in [0, 0.1) is 6.92 Å². The number of benzene rings is 1. The number of amides is 2. The highest BCUT2D eigenvalue weighted by Crippen LogP contribution is 2.15. The van der Waals surface area contributed by atoms with Crippen molar-refractivity contribution in [3.8, 4) is 0 Å². The van der Waals surface area contributed by atoms with E-state index in [1.165, 1.54) is 6.07 Å². The molecular weight excluding hydrogens is 270 g/mol. The van der Waals surface area contributed by atoms with Crippen molar-refractivity contribution in [2.75, 3.05) is 5.32 Å². The summed E-state index contributed by atoms with van der Waals surface area (Å²) in [6.45, 7) is 2.05. The molecule has 0 saturated heterocycles. The van der Waals surface area contributed by atoms with Gasteiger partial charge in [0.1, 0.15) is 0 Å². The monoisotopic (exact) mass is 285 g/mol. The predicted octanol–water partition coefficient (Wildman–Crippen LogP) is 2.41. The Morgan fingerprint density at radius 2 is 2.10 bits per heavy atom. The molecule has 1 heterocycles. The van der Waals surface area contributed by atoms with E-state index < -0.39 is 5.97 Å². The lowest BCUT2D eigenvalue weighted by molar-refractivity contribution is 0.0696. The van der Waals surface area contributed by atoms with E-state index in [1.54, 1.807) is 37.5 Å². The Labute approximate surface area is 121 Å². The van der Waals surface area contributed by atoms with E-state index in [-0.39, 0.29) is 11.6 Å². The fourth-order valence-corrected chi connectivity index (χ4v) is 1.84. The van der Waals surface area contributed by atoms with Crippen LogP contribution >= 0.6 is 0 Å². The Bertz CT molecular complexity index is 656. The van der Waals surface area contributed by atoms with Crippen LogP contribution in [0.4, 0.5) is 10.5 Å². The Morgan fingerprint density at radius 1 is 1.29 bits per heavy atom. The van der Waals surface area contributed by atoms with Crippen LogP contribution in [0.15, 0.2) is 42.7 Å². The molecule has 0 atom stereocenters. The van der Waals surface area contributed by atoms with Crippen molar-refractivity contribution in [2.45, 2.75) is 13.5 Å². The maximum atomic E-state index is 11.8. The minimum atomic E-state index is -0.986. The number of aryl methyl sites for hydroxylation is 1. The Balaban J connectivity index is 1.94. The predicted molar refractivity (Wildman–Crippen MR) is 78.2 cm³/mol. The van der Waals surface area contributed by atoms with Crippen molar-refractivity contribution in [2.24, 2.45) is 0 Å². The van der Waals surface area contributed by atoms with E-state index in [0.717, 1.165) is 5.56 Å². The average molecular weight is 285 g/mol. The summed E-state index contributed by atoms with van der Waals surface area (Å²) in [5, 5.41) is 14.3. The fourth-order valence-electron chi connectivity index (χ4n) is 1.84. The molecule has 0 fully saturated rings. The van der Waals surface area contributed by atoms with Crippen molar-refractivity contribution in [1.82, 2.24) is 10.3 Å². The minimum Gasteiger partial charge on any atom is -0.478 e. The molecule has 0 spiro atoms. The molecule has 2 aromatic rings. The molecule has 0 radical (unpaired) electrons. The van der Waals surface area contributed by atoms with Crippen LogP contribution in [-0.4, -0.2) is 22.1 Å². The van der Waals surface area contributed by atoms with Crippen LogP contribution in [0.3, 0.4) is 0 Å². The molecule has 2 amide bonds. The Morgan fingerprint density at radius 3 is 2.71 bits per heavy atom. The van der Waals surface area contributed by atoms with Gasteiger partial charge in [0, 0.05) is 24.6 Å². The molecule has 0 bridgehead atoms. The zero-order chi connectivity index (χ0) is 15.2. The molecule has 6 nitrogen and oxygen atoms in total. The van der Waals surface area contributed by atoms with Gasteiger partial charge in [0.05, 0.1) is 5.56 Å². The number of anilines is 1. The molecule has 1 aromatic carbocycles. The van der Waals surface area contributed by atoms with E-state index in [0.29, 0.717) is 17.8 Å². The first-order valence-electron chi connectivity index (χ1n) is 6.34. The van der Waals surface area contributed by atoms with Gasteiger partial charge in [-0.2, -0.15) is 0 Å². The van der Waals surface area contributed by atoms with Gasteiger partial charge in [-0.3, -0.25) is 4.98 Å². The number of rotatable bonds is 4. The molecule has 0 aliphatic heterocycles. The van der Waals surface area contributed by atoms with E-state index in [9.17, 15) is 9.59 Å². The van der Waals surface area contributed by atoms with Gasteiger partial charge < -0.3 is 15.7 Å². The molecular formula is C15H15N3O3. The number of urea groups is 1. The first kappa shape index (κ1) is 14.5. The topological polar surface area (TPSA) is 91.3 Å². The lowest BCUT2D eigenvalue weighted by atomic mass is 10.1. The second-order valence-corrected chi connectivity index (χ2v) is 4.50. The first-order valence-corrected chi connectivity index (χ1v) is 6.34. The largest absolute Gasteiger partial charge is 0.478 e. The maximum Gasteiger partial charge on any atom is 0.335 e. The number of carbonyl (C=O) groups is 2. The summed E-state index contributed by atoms with van der Waals surface area (Å²) in [5.41, 5.74) is 2.25. The number of aromatic carboxylic acids is 1. The summed E-state index contributed by atoms with van der Waals surface area (Å²) in [7, 11) is 0. The molecule has 6 heteroatoms. The molecule has 0 aliphatic carbocycles. The first-order chi connectivity index (χ1) is 10.1. The van der Waals surface area contributed by atoms with Crippen molar-refractivity contribution < 1.29 is 14.7 Å². The van der Waals surface area contributed by atoms with Crippen molar-refractivity contribution in [3.63, 3.8) is 0 Å². The molecule has 1 aromatic heterocycles. The maximum absolute atomic E-state index is 11.8. The number of carboxylic acid groups (broad SMARTS) is 1. The molecule has 0 unspecified atom stereocenters. The van der Waals surface area contributed by atoms with E-state index in [1.807, 2.05) is 6.07 Å². The highest BCUT2D eigenvalue weighted by Gasteiger charge is 2.08. The van der Waals surface area contributed by atoms with Crippen LogP contribution in [-0.2, 0) is 6.54 Å². The summed E-state index contributed by atoms with van der Waals surface area (Å²) in [6.07, 6.45) is 3.34. The van der Waals surface area contributed by atoms with E-state index in [4.69, 9.17) is 5.11 Å². The molecule has 108 valence electrons. The smallest absolute Gasteiger partial charge is 0.335 e. The second kappa shape index (κ2) is 6.51. The standard InChI is InChI=1S/C15H15N3O3/c1-10-7-12(4-5-13(10)14(19)20)18-15(21)17-9-11-3-2-6-16-8-11/h2-8H,9H2,1H3,(H,19,20)(H2,17,18,21). The van der Waals surface area contributed by atoms with E-state index >= 15 is 0 Å². The Hall–Kier alpha value is -2.89. The lowest BCUT2D eigenvalue weighted by Gasteiger charge is -2.09. The quantitative estimate of drug-likeness (QED) is 0.804. The number of hydrogen-bond acceptors (Lipinski definition) is 3. The third-order valence-electron chi connectivity index (χ3n) is 2.89. The second-order valence-electron chi connectivity index (χ2n) is 4.50. The summed E-state index contributed by atoms with van der Waals surface area (Å²) in [4.78, 5) is 26.6. The minimum absolute atomic E-state index is 0.219. The van der Waals surface area contributed by atoms with Gasteiger partial charge in [0.25, 0.3) is 0 Å². The number of pyridine rings is 1. The molecule has 3 N–H and O–H groups in total. The number of hydrogen-bond donors (Lipinski definition) is 3. The van der Waals surface area contributed by atoms with Crippen LogP contribution in [0.1, 0.15) is 21.5 Å². The summed E-state index contributed by atoms with van der Waals surface area (Å²) >= 11 is 0. The van der Waals surface area contributed by atoms with E-state index in [2.05, 4.69) is 15.6 Å². The van der Waals surface area contributed by atoms with Crippen molar-refractivity contribution in [1.29, 1.82) is 0 Å². The van der Waals surface area contributed by atoms with Gasteiger partial charge in [-0.05, 0) is 42.3 Å². The number of carboxylic acids is 1. The van der Waals surface area contributed by atoms with Crippen LogP contribution < -0.4 is 10.6 Å². The highest BCUT2D eigenvalue weighted by atomic mass is 16.4. The molecule has 21 heavy (non-hydrogen) atoms. The zero-order valence-corrected chi connectivity index (χ0v) is 11.5. The number of carbonyl (C=O) groups excluding carboxylic acids is 1. The zero-order valence-electron chi connectivity index (χ0n) is 11.5. The number of nitrogens with zero attached hydrogens (tertiary/aromatic N) is 1. The molecule has 0 saturated carbocycles. The third kappa shape index (κ3) is 4.04. The van der Waals surface area contributed by atoms with Gasteiger partial charge in [-0.1, -0.05) is 6.07 Å². The normalized spacial score (nSPS) is 9.95. The van der Waals surface area contributed by atoms with Crippen LogP contribution in [0.5, 0.6) is 0 Å². The Kier molecular flexibility index (Phi) is 4.50. The molecule has 2 rings (SSSR count). The van der Waals surface area contributed by atoms with Crippen LogP contribution in [0.25, 0.3) is 0 Å².